The van der Waals surface area contributed by atoms with Crippen molar-refractivity contribution < 1.29 is 14.6 Å². The molecule has 1 heterocycles. The Morgan fingerprint density at radius 2 is 2.17 bits per heavy atom. The second-order valence-electron chi connectivity index (χ2n) is 4.76. The molecule has 1 fully saturated rings. The van der Waals surface area contributed by atoms with Crippen molar-refractivity contribution in [3.05, 3.63) is 11.8 Å². The van der Waals surface area contributed by atoms with E-state index < -0.39 is 5.54 Å². The number of carbonyl (C=O) groups is 1. The molecule has 0 saturated carbocycles. The number of nitrogens with one attached hydrogen (secondary N) is 1. The van der Waals surface area contributed by atoms with Gasteiger partial charge in [0.1, 0.15) is 11.6 Å². The molecular weight excluding hydrogens is 234 g/mol. The first-order valence-corrected chi connectivity index (χ1v) is 5.86. The quantitative estimate of drug-likeness (QED) is 0.526. The van der Waals surface area contributed by atoms with E-state index in [1.165, 1.54) is 6.20 Å². The van der Waals surface area contributed by atoms with Crippen LogP contribution in [0.15, 0.2) is 11.8 Å². The minimum Gasteiger partial charge on any atom is -0.394 e. The molecule has 0 aliphatic carbocycles. The number of hydrogen-bond acceptors (Lipinski definition) is 5. The zero-order valence-electron chi connectivity index (χ0n) is 10.8. The minimum atomic E-state index is -0.562. The Kier molecular flexibility index (Phi) is 5.13. The molecule has 0 aromatic carbocycles. The number of rotatable bonds is 4. The largest absolute Gasteiger partial charge is 0.394 e. The van der Waals surface area contributed by atoms with Crippen molar-refractivity contribution in [3.8, 4) is 6.07 Å². The summed E-state index contributed by atoms with van der Waals surface area (Å²) in [4.78, 5) is 13.6. The fraction of sp³-hybridized carbons (Fsp3) is 0.667. The molecule has 0 aromatic rings. The summed E-state index contributed by atoms with van der Waals surface area (Å²) in [5.74, 6) is -0.304. The summed E-state index contributed by atoms with van der Waals surface area (Å²) in [7, 11) is 0. The van der Waals surface area contributed by atoms with Crippen molar-refractivity contribution in [2.24, 2.45) is 0 Å². The average Bonchev–Trinajstić information content (AvgIpc) is 2.40. The number of amides is 1. The van der Waals surface area contributed by atoms with Crippen molar-refractivity contribution in [2.45, 2.75) is 19.4 Å². The normalized spacial score (nSPS) is 17.2. The maximum Gasteiger partial charge on any atom is 0.266 e. The van der Waals surface area contributed by atoms with Crippen molar-refractivity contribution in [2.75, 3.05) is 32.9 Å². The number of nitriles is 1. The Morgan fingerprint density at radius 3 is 2.67 bits per heavy atom. The second kappa shape index (κ2) is 6.38. The van der Waals surface area contributed by atoms with Gasteiger partial charge >= 0.3 is 0 Å². The van der Waals surface area contributed by atoms with Crippen LogP contribution in [0.1, 0.15) is 13.8 Å². The molecule has 6 heteroatoms. The topological polar surface area (TPSA) is 85.6 Å². The van der Waals surface area contributed by atoms with Gasteiger partial charge in [-0.3, -0.25) is 4.79 Å². The zero-order valence-corrected chi connectivity index (χ0v) is 10.8. The van der Waals surface area contributed by atoms with Gasteiger partial charge in [-0.15, -0.1) is 0 Å². The maximum absolute atomic E-state index is 12.0. The summed E-state index contributed by atoms with van der Waals surface area (Å²) in [6, 6.07) is 1.88. The Bertz CT molecular complexity index is 365. The molecule has 1 rings (SSSR count). The van der Waals surface area contributed by atoms with Crippen LogP contribution in [-0.4, -0.2) is 54.4 Å². The van der Waals surface area contributed by atoms with E-state index in [2.05, 4.69) is 5.32 Å². The molecule has 0 spiro atoms. The average molecular weight is 253 g/mol. The lowest BCUT2D eigenvalue weighted by Gasteiger charge is -2.27. The molecule has 100 valence electrons. The fourth-order valence-electron chi connectivity index (χ4n) is 1.39. The van der Waals surface area contributed by atoms with E-state index >= 15 is 0 Å². The molecule has 0 bridgehead atoms. The van der Waals surface area contributed by atoms with Gasteiger partial charge in [-0.05, 0) is 13.8 Å². The van der Waals surface area contributed by atoms with Crippen molar-refractivity contribution >= 4 is 5.91 Å². The van der Waals surface area contributed by atoms with E-state index in [1.807, 2.05) is 6.07 Å². The fourth-order valence-corrected chi connectivity index (χ4v) is 1.39. The summed E-state index contributed by atoms with van der Waals surface area (Å²) in [5, 5.41) is 20.9. The number of morpholine rings is 1. The van der Waals surface area contributed by atoms with Crippen LogP contribution in [0, 0.1) is 11.3 Å². The monoisotopic (exact) mass is 253 g/mol. The Labute approximate surface area is 107 Å². The molecule has 1 saturated heterocycles. The van der Waals surface area contributed by atoms with Gasteiger partial charge in [0.15, 0.2) is 0 Å². The number of aliphatic hydroxyl groups is 1. The molecule has 0 unspecified atom stereocenters. The minimum absolute atomic E-state index is 0.0402. The summed E-state index contributed by atoms with van der Waals surface area (Å²) < 4.78 is 5.15. The first-order chi connectivity index (χ1) is 8.50. The third kappa shape index (κ3) is 4.02. The summed E-state index contributed by atoms with van der Waals surface area (Å²) in [6.45, 7) is 5.46. The highest BCUT2D eigenvalue weighted by Crippen LogP contribution is 2.06. The molecule has 18 heavy (non-hydrogen) atoms. The van der Waals surface area contributed by atoms with Gasteiger partial charge in [0.05, 0.1) is 25.4 Å². The highest BCUT2D eigenvalue weighted by molar-refractivity contribution is 5.97. The third-order valence-corrected chi connectivity index (χ3v) is 2.65. The van der Waals surface area contributed by atoms with E-state index in [0.29, 0.717) is 26.3 Å². The standard InChI is InChI=1S/C12H19N3O3/c1-12(2,9-16)14-8-10(7-13)11(17)15-3-5-18-6-4-15/h8,14,16H,3-6,9H2,1-2H3/b10-8-. The molecular formula is C12H19N3O3. The number of carbonyl (C=O) groups excluding carboxylic acids is 1. The summed E-state index contributed by atoms with van der Waals surface area (Å²) in [5.41, 5.74) is -0.522. The number of nitrogens with zero attached hydrogens (tertiary/aromatic N) is 2. The molecule has 1 aliphatic heterocycles. The number of ether oxygens (including phenoxy) is 1. The zero-order chi connectivity index (χ0) is 13.6. The lowest BCUT2D eigenvalue weighted by atomic mass is 10.1. The lowest BCUT2D eigenvalue weighted by Crippen LogP contribution is -2.43. The molecule has 0 atom stereocenters. The van der Waals surface area contributed by atoms with Crippen molar-refractivity contribution in [3.63, 3.8) is 0 Å². The van der Waals surface area contributed by atoms with Gasteiger partial charge in [0.2, 0.25) is 0 Å². The van der Waals surface area contributed by atoms with Gasteiger partial charge in [0.25, 0.3) is 5.91 Å². The molecule has 0 radical (unpaired) electrons. The van der Waals surface area contributed by atoms with Crippen LogP contribution < -0.4 is 5.32 Å². The van der Waals surface area contributed by atoms with E-state index in [9.17, 15) is 4.79 Å². The van der Waals surface area contributed by atoms with E-state index in [4.69, 9.17) is 15.1 Å². The molecule has 6 nitrogen and oxygen atoms in total. The highest BCUT2D eigenvalue weighted by atomic mass is 16.5. The predicted octanol–water partition coefficient (Wildman–Crippen LogP) is -0.387. The molecule has 1 aliphatic rings. The lowest BCUT2D eigenvalue weighted by molar-refractivity contribution is -0.130. The maximum atomic E-state index is 12.0. The van der Waals surface area contributed by atoms with Crippen molar-refractivity contribution in [1.29, 1.82) is 5.26 Å². The van der Waals surface area contributed by atoms with Crippen LogP contribution in [0.4, 0.5) is 0 Å². The van der Waals surface area contributed by atoms with Crippen LogP contribution in [0.25, 0.3) is 0 Å². The molecule has 1 amide bonds. The first kappa shape index (κ1) is 14.5. The SMILES string of the molecule is CC(C)(CO)N/C=C(/C#N)C(=O)N1CCOCC1. The summed E-state index contributed by atoms with van der Waals surface area (Å²) >= 11 is 0. The second-order valence-corrected chi connectivity index (χ2v) is 4.76. The van der Waals surface area contributed by atoms with Crippen LogP contribution in [0.5, 0.6) is 0 Å². The molecule has 0 aromatic heterocycles. The highest BCUT2D eigenvalue weighted by Gasteiger charge is 2.21. The van der Waals surface area contributed by atoms with Gasteiger partial charge in [0, 0.05) is 19.3 Å². The van der Waals surface area contributed by atoms with Gasteiger partial charge in [-0.1, -0.05) is 0 Å². The van der Waals surface area contributed by atoms with Crippen LogP contribution in [0.3, 0.4) is 0 Å². The predicted molar refractivity (Wildman–Crippen MR) is 65.4 cm³/mol. The van der Waals surface area contributed by atoms with E-state index in [1.54, 1.807) is 18.7 Å². The van der Waals surface area contributed by atoms with Gasteiger partial charge < -0.3 is 20.1 Å². The smallest absolute Gasteiger partial charge is 0.266 e. The Hall–Kier alpha value is -1.58. The van der Waals surface area contributed by atoms with Crippen LogP contribution in [0.2, 0.25) is 0 Å². The third-order valence-electron chi connectivity index (χ3n) is 2.65. The van der Waals surface area contributed by atoms with Crippen LogP contribution >= 0.6 is 0 Å². The van der Waals surface area contributed by atoms with Gasteiger partial charge in [-0.2, -0.15) is 5.26 Å². The summed E-state index contributed by atoms with van der Waals surface area (Å²) in [6.07, 6.45) is 1.37. The Balaban J connectivity index is 2.68. The van der Waals surface area contributed by atoms with E-state index in [0.717, 1.165) is 0 Å². The van der Waals surface area contributed by atoms with Crippen molar-refractivity contribution in [1.82, 2.24) is 10.2 Å². The van der Waals surface area contributed by atoms with Crippen LogP contribution in [-0.2, 0) is 9.53 Å². The van der Waals surface area contributed by atoms with E-state index in [-0.39, 0.29) is 18.1 Å². The Morgan fingerprint density at radius 1 is 1.56 bits per heavy atom. The first-order valence-electron chi connectivity index (χ1n) is 5.86. The molecule has 2 N–H and O–H groups in total. The van der Waals surface area contributed by atoms with Gasteiger partial charge in [-0.25, -0.2) is 0 Å². The number of aliphatic hydroxyl groups excluding tert-OH is 1. The number of hydrogen-bond donors (Lipinski definition) is 2.